The molecule has 12 heteroatoms. The molecule has 0 amide bonds. The van der Waals surface area contributed by atoms with Crippen LogP contribution in [-0.4, -0.2) is 61.4 Å². The van der Waals surface area contributed by atoms with Gasteiger partial charge in [0, 0.05) is 6.04 Å². The molecule has 3 aliphatic rings. The highest BCUT2D eigenvalue weighted by Gasteiger charge is 2.56. The topological polar surface area (TPSA) is 104 Å². The van der Waals surface area contributed by atoms with E-state index in [2.05, 4.69) is 20.3 Å². The number of imidazole rings is 1. The van der Waals surface area contributed by atoms with E-state index in [9.17, 15) is 18.3 Å². The van der Waals surface area contributed by atoms with Gasteiger partial charge in [0.25, 0.3) is 0 Å². The van der Waals surface area contributed by atoms with E-state index in [-0.39, 0.29) is 29.6 Å². The summed E-state index contributed by atoms with van der Waals surface area (Å²) in [5.41, 5.74) is 0.212. The number of nitrogens with zero attached hydrogens (tertiary/aromatic N) is 4. The Morgan fingerprint density at radius 1 is 1.19 bits per heavy atom. The second-order valence-corrected chi connectivity index (χ2v) is 8.66. The van der Waals surface area contributed by atoms with Crippen LogP contribution >= 0.6 is 0 Å². The Morgan fingerprint density at radius 3 is 2.58 bits per heavy atom. The van der Waals surface area contributed by atoms with Gasteiger partial charge in [-0.15, -0.1) is 0 Å². The van der Waals surface area contributed by atoms with Crippen LogP contribution in [0.1, 0.15) is 51.6 Å². The van der Waals surface area contributed by atoms with Crippen molar-refractivity contribution in [2.75, 3.05) is 11.9 Å². The van der Waals surface area contributed by atoms with Gasteiger partial charge >= 0.3 is 6.18 Å². The summed E-state index contributed by atoms with van der Waals surface area (Å²) in [4.78, 5) is 11.8. The van der Waals surface area contributed by atoms with Crippen molar-refractivity contribution in [3.8, 4) is 0 Å². The first-order valence-electron chi connectivity index (χ1n) is 10.4. The number of alkyl halides is 3. The molecule has 9 nitrogen and oxygen atoms in total. The minimum Gasteiger partial charge on any atom is -0.394 e. The molecule has 2 aliphatic heterocycles. The predicted molar refractivity (Wildman–Crippen MR) is 101 cm³/mol. The van der Waals surface area contributed by atoms with Crippen molar-refractivity contribution in [1.29, 1.82) is 0 Å². The molecule has 31 heavy (non-hydrogen) atoms. The third kappa shape index (κ3) is 3.65. The van der Waals surface area contributed by atoms with Crippen molar-refractivity contribution in [3.05, 3.63) is 12.2 Å². The first-order valence-corrected chi connectivity index (χ1v) is 10.4. The number of nitrogens with one attached hydrogen (secondary N) is 1. The second-order valence-electron chi connectivity index (χ2n) is 8.66. The van der Waals surface area contributed by atoms with Crippen molar-refractivity contribution >= 4 is 17.0 Å². The summed E-state index contributed by atoms with van der Waals surface area (Å²) < 4.78 is 59.8. The van der Waals surface area contributed by atoms with Crippen LogP contribution in [0.5, 0.6) is 0 Å². The third-order valence-electron chi connectivity index (χ3n) is 5.95. The lowest BCUT2D eigenvalue weighted by molar-refractivity contribution is -0.199. The summed E-state index contributed by atoms with van der Waals surface area (Å²) in [5, 5.41) is 12.8. The Labute approximate surface area is 175 Å². The average molecular weight is 443 g/mol. The van der Waals surface area contributed by atoms with Crippen molar-refractivity contribution in [3.63, 3.8) is 0 Å². The quantitative estimate of drug-likeness (QED) is 0.744. The fourth-order valence-electron chi connectivity index (χ4n) is 4.62. The van der Waals surface area contributed by atoms with E-state index >= 15 is 0 Å². The number of hydrogen-bond donors (Lipinski definition) is 2. The van der Waals surface area contributed by atoms with Crippen LogP contribution in [0.15, 0.2) is 6.33 Å². The molecule has 0 unspecified atom stereocenters. The maximum atomic E-state index is 13.6. The molecule has 0 spiro atoms. The number of fused-ring (bicyclic) bond motifs is 2. The zero-order valence-corrected chi connectivity index (χ0v) is 17.1. The number of halogens is 3. The lowest BCUT2D eigenvalue weighted by Gasteiger charge is -2.24. The highest BCUT2D eigenvalue weighted by Crippen LogP contribution is 2.44. The van der Waals surface area contributed by atoms with E-state index in [0.29, 0.717) is 0 Å². The molecule has 4 atom stereocenters. The van der Waals surface area contributed by atoms with Gasteiger partial charge in [-0.25, -0.2) is 15.0 Å². The molecule has 0 bridgehead atoms. The number of aromatic nitrogens is 4. The Morgan fingerprint density at radius 2 is 1.90 bits per heavy atom. The summed E-state index contributed by atoms with van der Waals surface area (Å²) in [6, 6.07) is 0.0441. The van der Waals surface area contributed by atoms with Crippen LogP contribution in [0.2, 0.25) is 0 Å². The molecule has 5 rings (SSSR count). The molecule has 2 N–H and O–H groups in total. The van der Waals surface area contributed by atoms with E-state index < -0.39 is 42.3 Å². The first-order chi connectivity index (χ1) is 14.7. The Balaban J connectivity index is 1.58. The number of anilines is 1. The largest absolute Gasteiger partial charge is 0.451 e. The monoisotopic (exact) mass is 443 g/mol. The van der Waals surface area contributed by atoms with Gasteiger partial charge in [-0.05, 0) is 26.7 Å². The lowest BCUT2D eigenvalue weighted by Crippen LogP contribution is -2.31. The number of rotatable bonds is 4. The molecule has 1 aliphatic carbocycles. The van der Waals surface area contributed by atoms with Crippen molar-refractivity contribution in [2.45, 2.75) is 82.1 Å². The minimum absolute atomic E-state index is 0.0153. The molecule has 0 radical (unpaired) electrons. The summed E-state index contributed by atoms with van der Waals surface area (Å²) in [5.74, 6) is -2.11. The second kappa shape index (κ2) is 7.26. The summed E-state index contributed by atoms with van der Waals surface area (Å²) >= 11 is 0. The summed E-state index contributed by atoms with van der Waals surface area (Å²) in [6.07, 6.45) is -2.35. The molecular formula is C19H24F3N5O4. The first kappa shape index (κ1) is 20.9. The van der Waals surface area contributed by atoms with Crippen molar-refractivity contribution in [1.82, 2.24) is 19.5 Å². The van der Waals surface area contributed by atoms with Gasteiger partial charge in [0.05, 0.1) is 12.9 Å². The van der Waals surface area contributed by atoms with Crippen LogP contribution in [0.25, 0.3) is 11.2 Å². The molecule has 2 aromatic rings. The standard InChI is InChI=1S/C19H24F3N5O4/c1-18(2)30-12-10(7-28)29-16(13(12)31-18)27-8-23-11-14(24-9-5-3-4-6-9)25-17(19(20,21)22)26-15(11)27/h8-10,12-13,16,28H,3-7H2,1-2H3,(H,24,25,26)/t10-,12-,13-,16-/m1/s1. The molecule has 2 aromatic heterocycles. The predicted octanol–water partition coefficient (Wildman–Crippen LogP) is 2.61. The Hall–Kier alpha value is -2.02. The van der Waals surface area contributed by atoms with Gasteiger partial charge in [-0.2, -0.15) is 13.2 Å². The number of ether oxygens (including phenoxy) is 3. The summed E-state index contributed by atoms with van der Waals surface area (Å²) in [6.45, 7) is 3.15. The third-order valence-corrected chi connectivity index (χ3v) is 5.95. The molecular weight excluding hydrogens is 419 g/mol. The molecule has 3 fully saturated rings. The number of hydrogen-bond acceptors (Lipinski definition) is 8. The van der Waals surface area contributed by atoms with Crippen LogP contribution in [0.3, 0.4) is 0 Å². The van der Waals surface area contributed by atoms with Crippen LogP contribution in [-0.2, 0) is 20.4 Å². The van der Waals surface area contributed by atoms with Gasteiger partial charge in [-0.3, -0.25) is 4.57 Å². The Bertz CT molecular complexity index is 975. The molecule has 0 aromatic carbocycles. The minimum atomic E-state index is -4.73. The van der Waals surface area contributed by atoms with E-state index in [0.717, 1.165) is 25.7 Å². The van der Waals surface area contributed by atoms with Gasteiger partial charge in [-0.1, -0.05) is 12.8 Å². The maximum absolute atomic E-state index is 13.6. The molecule has 2 saturated heterocycles. The molecule has 1 saturated carbocycles. The van der Waals surface area contributed by atoms with E-state index in [1.54, 1.807) is 13.8 Å². The highest BCUT2D eigenvalue weighted by atomic mass is 19.4. The van der Waals surface area contributed by atoms with E-state index in [4.69, 9.17) is 14.2 Å². The normalized spacial score (nSPS) is 30.9. The van der Waals surface area contributed by atoms with Crippen LogP contribution in [0.4, 0.5) is 19.0 Å². The number of aliphatic hydroxyl groups is 1. The van der Waals surface area contributed by atoms with Gasteiger partial charge in [0.2, 0.25) is 5.82 Å². The lowest BCUT2D eigenvalue weighted by atomic mass is 10.1. The van der Waals surface area contributed by atoms with Gasteiger partial charge in [0.1, 0.15) is 18.3 Å². The molecule has 170 valence electrons. The maximum Gasteiger partial charge on any atom is 0.451 e. The smallest absolute Gasteiger partial charge is 0.394 e. The van der Waals surface area contributed by atoms with Crippen molar-refractivity contribution < 1.29 is 32.5 Å². The molecule has 4 heterocycles. The highest BCUT2D eigenvalue weighted by molar-refractivity contribution is 5.83. The summed E-state index contributed by atoms with van der Waals surface area (Å²) in [7, 11) is 0. The zero-order valence-electron chi connectivity index (χ0n) is 17.1. The Kier molecular flexibility index (Phi) is 4.88. The van der Waals surface area contributed by atoms with Crippen molar-refractivity contribution in [2.24, 2.45) is 0 Å². The van der Waals surface area contributed by atoms with E-state index in [1.165, 1.54) is 10.9 Å². The fraction of sp³-hybridized carbons (Fsp3) is 0.737. The number of aliphatic hydroxyl groups excluding tert-OH is 1. The van der Waals surface area contributed by atoms with Gasteiger partial charge in [0.15, 0.2) is 29.0 Å². The van der Waals surface area contributed by atoms with Crippen LogP contribution < -0.4 is 5.32 Å². The van der Waals surface area contributed by atoms with Gasteiger partial charge < -0.3 is 24.6 Å². The average Bonchev–Trinajstić information content (AvgIpc) is 3.44. The van der Waals surface area contributed by atoms with Crippen LogP contribution in [0, 0.1) is 0 Å². The SMILES string of the molecule is CC1(C)O[C@@H]2[C@H](O1)[C@@H](CO)O[C@H]2n1cnc2c(NC3CCCC3)nc(C(F)(F)F)nc21. The van der Waals surface area contributed by atoms with E-state index in [1.807, 2.05) is 0 Å². The fourth-order valence-corrected chi connectivity index (χ4v) is 4.62. The zero-order chi connectivity index (χ0) is 22.0.